The molecular weight excluding hydrogens is 290 g/mol. The van der Waals surface area contributed by atoms with Crippen LogP contribution in [0.25, 0.3) is 0 Å². The first-order valence-electron chi connectivity index (χ1n) is 6.37. The van der Waals surface area contributed by atoms with Crippen LogP contribution in [0, 0.1) is 0 Å². The molecule has 0 saturated carbocycles. The number of ether oxygens (including phenoxy) is 1. The van der Waals surface area contributed by atoms with E-state index >= 15 is 0 Å². The summed E-state index contributed by atoms with van der Waals surface area (Å²) in [7, 11) is -3.22. The van der Waals surface area contributed by atoms with Crippen LogP contribution in [-0.4, -0.2) is 24.6 Å². The molecule has 0 fully saturated rings. The van der Waals surface area contributed by atoms with Gasteiger partial charge in [0.15, 0.2) is 9.84 Å². The standard InChI is InChI=1S/C14H17N3O3S/c1-9(2)12-13(15)16-8-17-14(12)20-10-4-6-11(7-5-10)21(3,18)19/h4-9H,1-3H3,(H2,15,16,17). The molecule has 0 aliphatic rings. The van der Waals surface area contributed by atoms with Crippen LogP contribution in [0.4, 0.5) is 5.82 Å². The van der Waals surface area contributed by atoms with Crippen molar-refractivity contribution in [2.24, 2.45) is 0 Å². The Balaban J connectivity index is 2.33. The van der Waals surface area contributed by atoms with Crippen LogP contribution in [0.5, 0.6) is 11.6 Å². The summed E-state index contributed by atoms with van der Waals surface area (Å²) in [4.78, 5) is 8.29. The van der Waals surface area contributed by atoms with Crippen LogP contribution in [0.1, 0.15) is 25.3 Å². The van der Waals surface area contributed by atoms with E-state index in [9.17, 15) is 8.42 Å². The smallest absolute Gasteiger partial charge is 0.227 e. The third kappa shape index (κ3) is 3.49. The molecule has 21 heavy (non-hydrogen) atoms. The first-order valence-corrected chi connectivity index (χ1v) is 8.26. The number of nitrogen functional groups attached to an aromatic ring is 1. The molecule has 0 aliphatic carbocycles. The van der Waals surface area contributed by atoms with Gasteiger partial charge in [0.05, 0.1) is 10.5 Å². The van der Waals surface area contributed by atoms with Gasteiger partial charge in [-0.05, 0) is 30.2 Å². The third-order valence-corrected chi connectivity index (χ3v) is 4.05. The molecule has 112 valence electrons. The average Bonchev–Trinajstić information content (AvgIpc) is 2.38. The molecule has 0 bridgehead atoms. The predicted molar refractivity (Wildman–Crippen MR) is 80.2 cm³/mol. The molecule has 0 amide bonds. The Morgan fingerprint density at radius 3 is 2.29 bits per heavy atom. The van der Waals surface area contributed by atoms with E-state index in [1.807, 2.05) is 13.8 Å². The number of sulfone groups is 1. The summed E-state index contributed by atoms with van der Waals surface area (Å²) in [6.07, 6.45) is 2.49. The third-order valence-electron chi connectivity index (χ3n) is 2.92. The van der Waals surface area contributed by atoms with Gasteiger partial charge in [-0.1, -0.05) is 13.8 Å². The molecule has 7 heteroatoms. The highest BCUT2D eigenvalue weighted by atomic mass is 32.2. The fraction of sp³-hybridized carbons (Fsp3) is 0.286. The van der Waals surface area contributed by atoms with Crippen molar-refractivity contribution < 1.29 is 13.2 Å². The largest absolute Gasteiger partial charge is 0.439 e. The lowest BCUT2D eigenvalue weighted by molar-refractivity contribution is 0.451. The Labute approximate surface area is 123 Å². The highest BCUT2D eigenvalue weighted by molar-refractivity contribution is 7.90. The van der Waals surface area contributed by atoms with Gasteiger partial charge in [-0.15, -0.1) is 0 Å². The van der Waals surface area contributed by atoms with Crippen molar-refractivity contribution in [1.82, 2.24) is 9.97 Å². The van der Waals surface area contributed by atoms with Crippen LogP contribution < -0.4 is 10.5 Å². The highest BCUT2D eigenvalue weighted by Crippen LogP contribution is 2.31. The van der Waals surface area contributed by atoms with E-state index in [4.69, 9.17) is 10.5 Å². The average molecular weight is 307 g/mol. The molecule has 1 aromatic carbocycles. The lowest BCUT2D eigenvalue weighted by Crippen LogP contribution is -2.04. The molecule has 2 aromatic rings. The topological polar surface area (TPSA) is 95.2 Å². The monoisotopic (exact) mass is 307 g/mol. The Morgan fingerprint density at radius 2 is 1.76 bits per heavy atom. The molecule has 2 rings (SSSR count). The zero-order chi connectivity index (χ0) is 15.6. The minimum Gasteiger partial charge on any atom is -0.439 e. The van der Waals surface area contributed by atoms with Gasteiger partial charge < -0.3 is 10.5 Å². The molecule has 0 saturated heterocycles. The maximum atomic E-state index is 11.4. The Morgan fingerprint density at radius 1 is 1.14 bits per heavy atom. The molecule has 0 radical (unpaired) electrons. The number of nitrogens with zero attached hydrogens (tertiary/aromatic N) is 2. The van der Waals surface area contributed by atoms with E-state index < -0.39 is 9.84 Å². The fourth-order valence-electron chi connectivity index (χ4n) is 1.88. The molecule has 0 atom stereocenters. The molecular formula is C14H17N3O3S. The predicted octanol–water partition coefficient (Wildman–Crippen LogP) is 2.38. The van der Waals surface area contributed by atoms with E-state index in [0.29, 0.717) is 17.4 Å². The van der Waals surface area contributed by atoms with E-state index in [1.54, 1.807) is 12.1 Å². The lowest BCUT2D eigenvalue weighted by Gasteiger charge is -2.13. The fourth-order valence-corrected chi connectivity index (χ4v) is 2.51. The van der Waals surface area contributed by atoms with E-state index in [0.717, 1.165) is 11.8 Å². The van der Waals surface area contributed by atoms with Gasteiger partial charge in [0.25, 0.3) is 0 Å². The number of rotatable bonds is 4. The van der Waals surface area contributed by atoms with Crippen LogP contribution in [-0.2, 0) is 9.84 Å². The normalized spacial score (nSPS) is 11.6. The van der Waals surface area contributed by atoms with E-state index in [1.165, 1.54) is 18.5 Å². The van der Waals surface area contributed by atoms with Gasteiger partial charge in [-0.3, -0.25) is 0 Å². The summed E-state index contributed by atoms with van der Waals surface area (Å²) in [6, 6.07) is 6.14. The van der Waals surface area contributed by atoms with Crippen LogP contribution >= 0.6 is 0 Å². The molecule has 2 N–H and O–H groups in total. The number of aromatic nitrogens is 2. The Bertz CT molecular complexity index is 741. The summed E-state index contributed by atoms with van der Waals surface area (Å²) < 4.78 is 28.5. The van der Waals surface area contributed by atoms with Crippen LogP contribution in [0.15, 0.2) is 35.5 Å². The summed E-state index contributed by atoms with van der Waals surface area (Å²) in [5.41, 5.74) is 6.57. The van der Waals surface area contributed by atoms with Gasteiger partial charge in [-0.2, -0.15) is 0 Å². The molecule has 0 spiro atoms. The number of anilines is 1. The van der Waals surface area contributed by atoms with Crippen molar-refractivity contribution in [3.63, 3.8) is 0 Å². The number of hydrogen-bond donors (Lipinski definition) is 1. The second kappa shape index (κ2) is 5.69. The first-order chi connectivity index (χ1) is 9.79. The molecule has 0 unspecified atom stereocenters. The van der Waals surface area contributed by atoms with Gasteiger partial charge >= 0.3 is 0 Å². The van der Waals surface area contributed by atoms with Gasteiger partial charge in [0, 0.05) is 6.26 Å². The highest BCUT2D eigenvalue weighted by Gasteiger charge is 2.15. The summed E-state index contributed by atoms with van der Waals surface area (Å²) in [5, 5.41) is 0. The zero-order valence-electron chi connectivity index (χ0n) is 12.1. The number of benzene rings is 1. The SMILES string of the molecule is CC(C)c1c(N)ncnc1Oc1ccc(S(C)(=O)=O)cc1. The van der Waals surface area contributed by atoms with E-state index in [-0.39, 0.29) is 10.8 Å². The maximum absolute atomic E-state index is 11.4. The minimum absolute atomic E-state index is 0.108. The van der Waals surface area contributed by atoms with Crippen molar-refractivity contribution in [3.05, 3.63) is 36.2 Å². The molecule has 1 aromatic heterocycles. The van der Waals surface area contributed by atoms with Gasteiger partial charge in [0.2, 0.25) is 5.88 Å². The van der Waals surface area contributed by atoms with Gasteiger partial charge in [0.1, 0.15) is 17.9 Å². The zero-order valence-corrected chi connectivity index (χ0v) is 12.9. The van der Waals surface area contributed by atoms with Gasteiger partial charge in [-0.25, -0.2) is 18.4 Å². The minimum atomic E-state index is -3.22. The summed E-state index contributed by atoms with van der Waals surface area (Å²) in [6.45, 7) is 3.93. The van der Waals surface area contributed by atoms with Crippen molar-refractivity contribution in [2.45, 2.75) is 24.7 Å². The molecule has 1 heterocycles. The first kappa shape index (κ1) is 15.2. The van der Waals surface area contributed by atoms with Crippen molar-refractivity contribution in [2.75, 3.05) is 12.0 Å². The molecule has 6 nitrogen and oxygen atoms in total. The van der Waals surface area contributed by atoms with Crippen molar-refractivity contribution in [1.29, 1.82) is 0 Å². The number of nitrogens with two attached hydrogens (primary N) is 1. The summed E-state index contributed by atoms with van der Waals surface area (Å²) >= 11 is 0. The van der Waals surface area contributed by atoms with Crippen LogP contribution in [0.3, 0.4) is 0 Å². The molecule has 0 aliphatic heterocycles. The Hall–Kier alpha value is -2.15. The second-order valence-electron chi connectivity index (χ2n) is 4.98. The van der Waals surface area contributed by atoms with Crippen molar-refractivity contribution >= 4 is 15.7 Å². The van der Waals surface area contributed by atoms with Crippen LogP contribution in [0.2, 0.25) is 0 Å². The van der Waals surface area contributed by atoms with E-state index in [2.05, 4.69) is 9.97 Å². The lowest BCUT2D eigenvalue weighted by atomic mass is 10.1. The number of hydrogen-bond acceptors (Lipinski definition) is 6. The second-order valence-corrected chi connectivity index (χ2v) is 6.99. The Kier molecular flexibility index (Phi) is 4.13. The van der Waals surface area contributed by atoms with Crippen molar-refractivity contribution in [3.8, 4) is 11.6 Å². The quantitative estimate of drug-likeness (QED) is 0.931. The summed E-state index contributed by atoms with van der Waals surface area (Å²) in [5.74, 6) is 1.35. The maximum Gasteiger partial charge on any atom is 0.227 e.